The topological polar surface area (TPSA) is 38.1 Å². The maximum atomic E-state index is 13.3. The van der Waals surface area contributed by atoms with Gasteiger partial charge in [0.15, 0.2) is 0 Å². The number of hydrogen-bond acceptors (Lipinski definition) is 2. The van der Waals surface area contributed by atoms with E-state index in [1.54, 1.807) is 4.90 Å². The number of imidazole rings is 1. The van der Waals surface area contributed by atoms with Crippen molar-refractivity contribution in [2.75, 3.05) is 6.54 Å². The molecule has 0 fully saturated rings. The van der Waals surface area contributed by atoms with E-state index in [2.05, 4.69) is 11.5 Å². The van der Waals surface area contributed by atoms with Crippen LogP contribution in [-0.2, 0) is 6.54 Å². The lowest BCUT2D eigenvalue weighted by Gasteiger charge is -2.23. The van der Waals surface area contributed by atoms with Crippen molar-refractivity contribution in [3.05, 3.63) is 96.1 Å². The largest absolute Gasteiger partial charge is 0.331 e. The second-order valence-electron chi connectivity index (χ2n) is 7.27. The van der Waals surface area contributed by atoms with E-state index in [1.165, 1.54) is 24.3 Å². The Hall–Kier alpha value is -3.47. The molecule has 30 heavy (non-hydrogen) atoms. The van der Waals surface area contributed by atoms with Crippen molar-refractivity contribution < 1.29 is 9.18 Å². The Bertz CT molecular complexity index is 1140. The molecule has 0 N–H and O–H groups in total. The molecule has 3 aromatic carbocycles. The molecule has 0 saturated heterocycles. The number of fused-ring (bicyclic) bond motifs is 1. The van der Waals surface area contributed by atoms with Gasteiger partial charge < -0.3 is 4.90 Å². The minimum atomic E-state index is -0.350. The summed E-state index contributed by atoms with van der Waals surface area (Å²) in [6.45, 7) is 3.09. The van der Waals surface area contributed by atoms with E-state index in [9.17, 15) is 9.18 Å². The van der Waals surface area contributed by atoms with Gasteiger partial charge >= 0.3 is 0 Å². The molecule has 0 atom stereocenters. The van der Waals surface area contributed by atoms with Crippen LogP contribution in [0.15, 0.2) is 78.9 Å². The van der Waals surface area contributed by atoms with Crippen molar-refractivity contribution in [2.24, 2.45) is 0 Å². The molecule has 0 bridgehead atoms. The second-order valence-corrected chi connectivity index (χ2v) is 7.27. The van der Waals surface area contributed by atoms with Crippen LogP contribution in [0.5, 0.6) is 0 Å². The van der Waals surface area contributed by atoms with Gasteiger partial charge in [-0.3, -0.25) is 9.36 Å². The van der Waals surface area contributed by atoms with Crippen LogP contribution < -0.4 is 0 Å². The van der Waals surface area contributed by atoms with Gasteiger partial charge in [-0.1, -0.05) is 43.7 Å². The SMILES string of the molecule is CCCCN(Cc1nc2ccccc2n1-c1ccccc1)C(=O)c1ccc(F)cc1. The normalized spacial score (nSPS) is 11.0. The van der Waals surface area contributed by atoms with E-state index in [0.29, 0.717) is 18.7 Å². The summed E-state index contributed by atoms with van der Waals surface area (Å²) in [5.41, 5.74) is 3.38. The van der Waals surface area contributed by atoms with E-state index < -0.39 is 0 Å². The molecular formula is C25H24FN3O. The van der Waals surface area contributed by atoms with Crippen molar-refractivity contribution in [1.82, 2.24) is 14.5 Å². The van der Waals surface area contributed by atoms with E-state index >= 15 is 0 Å². The maximum Gasteiger partial charge on any atom is 0.254 e. The Labute approximate surface area is 175 Å². The Kier molecular flexibility index (Phi) is 5.89. The summed E-state index contributed by atoms with van der Waals surface area (Å²) in [6, 6.07) is 23.7. The van der Waals surface area contributed by atoms with Gasteiger partial charge in [0.1, 0.15) is 11.6 Å². The lowest BCUT2D eigenvalue weighted by molar-refractivity contribution is 0.0736. The van der Waals surface area contributed by atoms with Gasteiger partial charge in [0.2, 0.25) is 0 Å². The molecule has 0 saturated carbocycles. The molecule has 4 aromatic rings. The fourth-order valence-corrected chi connectivity index (χ4v) is 3.59. The number of carbonyl (C=O) groups excluding carboxylic acids is 1. The molecule has 0 unspecified atom stereocenters. The average Bonchev–Trinajstić information content (AvgIpc) is 3.15. The molecule has 5 heteroatoms. The predicted octanol–water partition coefficient (Wildman–Crippen LogP) is 5.61. The molecule has 1 amide bonds. The van der Waals surface area contributed by atoms with Crippen molar-refractivity contribution in [1.29, 1.82) is 0 Å². The molecule has 1 aromatic heterocycles. The van der Waals surface area contributed by atoms with Crippen molar-refractivity contribution in [3.8, 4) is 5.69 Å². The number of carbonyl (C=O) groups is 1. The first kappa shape index (κ1) is 19.8. The zero-order valence-corrected chi connectivity index (χ0v) is 17.0. The standard InChI is InChI=1S/C25H24FN3O/c1-2-3-17-28(25(30)19-13-15-20(26)16-14-19)18-24-27-22-11-7-8-12-23(22)29(24)21-9-5-4-6-10-21/h4-16H,2-3,17-18H2,1H3. The maximum absolute atomic E-state index is 13.3. The smallest absolute Gasteiger partial charge is 0.254 e. The number of rotatable bonds is 7. The first-order chi connectivity index (χ1) is 14.7. The van der Waals surface area contributed by atoms with E-state index in [-0.39, 0.29) is 11.7 Å². The molecule has 0 radical (unpaired) electrons. The average molecular weight is 401 g/mol. The summed E-state index contributed by atoms with van der Waals surface area (Å²) in [6.07, 6.45) is 1.86. The lowest BCUT2D eigenvalue weighted by atomic mass is 10.2. The first-order valence-electron chi connectivity index (χ1n) is 10.2. The van der Waals surface area contributed by atoms with Crippen LogP contribution in [-0.4, -0.2) is 26.9 Å². The van der Waals surface area contributed by atoms with Crippen LogP contribution in [0, 0.1) is 5.82 Å². The van der Waals surface area contributed by atoms with Gasteiger partial charge in [-0.05, 0) is 55.0 Å². The third kappa shape index (κ3) is 4.10. The van der Waals surface area contributed by atoms with Crippen LogP contribution in [0.1, 0.15) is 35.9 Å². The van der Waals surface area contributed by atoms with Crippen molar-refractivity contribution >= 4 is 16.9 Å². The Morgan fingerprint density at radius 1 is 0.967 bits per heavy atom. The molecule has 1 heterocycles. The zero-order valence-electron chi connectivity index (χ0n) is 17.0. The van der Waals surface area contributed by atoms with Crippen LogP contribution >= 0.6 is 0 Å². The highest BCUT2D eigenvalue weighted by molar-refractivity contribution is 5.94. The highest BCUT2D eigenvalue weighted by atomic mass is 19.1. The fraction of sp³-hybridized carbons (Fsp3) is 0.200. The second kappa shape index (κ2) is 8.91. The highest BCUT2D eigenvalue weighted by Crippen LogP contribution is 2.23. The predicted molar refractivity (Wildman–Crippen MR) is 117 cm³/mol. The third-order valence-electron chi connectivity index (χ3n) is 5.14. The number of para-hydroxylation sites is 3. The fourth-order valence-electron chi connectivity index (χ4n) is 3.59. The third-order valence-corrected chi connectivity index (χ3v) is 5.14. The van der Waals surface area contributed by atoms with E-state index in [4.69, 9.17) is 4.98 Å². The van der Waals surface area contributed by atoms with E-state index in [0.717, 1.165) is 35.4 Å². The zero-order chi connectivity index (χ0) is 20.9. The molecule has 4 nitrogen and oxygen atoms in total. The van der Waals surface area contributed by atoms with Gasteiger partial charge in [0.25, 0.3) is 5.91 Å². The number of amides is 1. The molecule has 4 rings (SSSR count). The summed E-state index contributed by atoms with van der Waals surface area (Å²) in [5, 5.41) is 0. The first-order valence-corrected chi connectivity index (χ1v) is 10.2. The van der Waals surface area contributed by atoms with E-state index in [1.807, 2.05) is 54.6 Å². The van der Waals surface area contributed by atoms with Crippen molar-refractivity contribution in [3.63, 3.8) is 0 Å². The van der Waals surface area contributed by atoms with Crippen LogP contribution in [0.4, 0.5) is 4.39 Å². The van der Waals surface area contributed by atoms with Gasteiger partial charge in [-0.25, -0.2) is 9.37 Å². The Balaban J connectivity index is 1.74. The minimum Gasteiger partial charge on any atom is -0.331 e. The van der Waals surface area contributed by atoms with Gasteiger partial charge in [0.05, 0.1) is 17.6 Å². The summed E-state index contributed by atoms with van der Waals surface area (Å²) in [5.74, 6) is 0.335. The number of nitrogens with zero attached hydrogens (tertiary/aromatic N) is 3. The number of halogens is 1. The van der Waals surface area contributed by atoms with Crippen LogP contribution in [0.2, 0.25) is 0 Å². The number of benzene rings is 3. The van der Waals surface area contributed by atoms with Crippen LogP contribution in [0.3, 0.4) is 0 Å². The number of aromatic nitrogens is 2. The quantitative estimate of drug-likeness (QED) is 0.404. The molecule has 0 spiro atoms. The summed E-state index contributed by atoms with van der Waals surface area (Å²) in [7, 11) is 0. The van der Waals surface area contributed by atoms with Crippen LogP contribution in [0.25, 0.3) is 16.7 Å². The Morgan fingerprint density at radius 3 is 2.40 bits per heavy atom. The summed E-state index contributed by atoms with van der Waals surface area (Å²) < 4.78 is 15.4. The van der Waals surface area contributed by atoms with Gasteiger partial charge in [-0.15, -0.1) is 0 Å². The van der Waals surface area contributed by atoms with Gasteiger partial charge in [-0.2, -0.15) is 0 Å². The minimum absolute atomic E-state index is 0.116. The Morgan fingerprint density at radius 2 is 1.67 bits per heavy atom. The highest BCUT2D eigenvalue weighted by Gasteiger charge is 2.20. The number of unbranched alkanes of at least 4 members (excludes halogenated alkanes) is 1. The summed E-state index contributed by atoms with van der Waals surface area (Å²) >= 11 is 0. The lowest BCUT2D eigenvalue weighted by Crippen LogP contribution is -2.32. The molecule has 0 aliphatic carbocycles. The number of hydrogen-bond donors (Lipinski definition) is 0. The molecule has 0 aliphatic rings. The molecular weight excluding hydrogens is 377 g/mol. The van der Waals surface area contributed by atoms with Crippen molar-refractivity contribution in [2.45, 2.75) is 26.3 Å². The molecule has 152 valence electrons. The van der Waals surface area contributed by atoms with Gasteiger partial charge in [0, 0.05) is 17.8 Å². The summed E-state index contributed by atoms with van der Waals surface area (Å²) in [4.78, 5) is 19.8. The molecule has 0 aliphatic heterocycles. The monoisotopic (exact) mass is 401 g/mol.